The van der Waals surface area contributed by atoms with Crippen molar-refractivity contribution in [3.63, 3.8) is 0 Å². The number of aromatic nitrogens is 4. The second-order valence-corrected chi connectivity index (χ2v) is 7.04. The fraction of sp³-hybridized carbons (Fsp3) is 0.667. The summed E-state index contributed by atoms with van der Waals surface area (Å²) in [5.74, 6) is 2.09. The minimum atomic E-state index is -0.477. The highest BCUT2D eigenvalue weighted by atomic mass is 32.1. The zero-order chi connectivity index (χ0) is 16.4. The van der Waals surface area contributed by atoms with E-state index in [0.717, 1.165) is 28.9 Å². The summed E-state index contributed by atoms with van der Waals surface area (Å²) in [5, 5.41) is 8.80. The van der Waals surface area contributed by atoms with E-state index < -0.39 is 6.67 Å². The Hall–Kier alpha value is -1.54. The smallest absolute Gasteiger partial charge is 0.227 e. The Balaban J connectivity index is 1.97. The summed E-state index contributed by atoms with van der Waals surface area (Å²) >= 11 is 1.57. The van der Waals surface area contributed by atoms with Gasteiger partial charge in [0.2, 0.25) is 5.95 Å². The maximum absolute atomic E-state index is 13.0. The molecule has 0 spiro atoms. The Morgan fingerprint density at radius 3 is 2.91 bits per heavy atom. The van der Waals surface area contributed by atoms with Crippen molar-refractivity contribution in [3.8, 4) is 10.7 Å². The molecular weight excluding hydrogens is 317 g/mol. The molecule has 1 saturated heterocycles. The molecule has 8 heteroatoms. The molecule has 2 aromatic heterocycles. The summed E-state index contributed by atoms with van der Waals surface area (Å²) in [6.07, 6.45) is -0.387. The Labute approximate surface area is 139 Å². The molecule has 0 bridgehead atoms. The van der Waals surface area contributed by atoms with Crippen LogP contribution in [-0.4, -0.2) is 52.2 Å². The van der Waals surface area contributed by atoms with Gasteiger partial charge in [-0.05, 0) is 12.8 Å². The number of rotatable bonds is 5. The van der Waals surface area contributed by atoms with Crippen molar-refractivity contribution in [1.29, 1.82) is 0 Å². The van der Waals surface area contributed by atoms with Crippen molar-refractivity contribution < 1.29 is 9.13 Å². The first kappa shape index (κ1) is 16.3. The van der Waals surface area contributed by atoms with E-state index in [1.165, 1.54) is 0 Å². The molecule has 1 atom stereocenters. The molecule has 1 aliphatic rings. The number of anilines is 1. The first-order valence-electron chi connectivity index (χ1n) is 7.86. The molecule has 2 aromatic rings. The lowest BCUT2D eigenvalue weighted by molar-refractivity contribution is 0.0240. The normalized spacial score (nSPS) is 18.8. The summed E-state index contributed by atoms with van der Waals surface area (Å²) in [7, 11) is 0. The minimum absolute atomic E-state index is 0.387. The maximum atomic E-state index is 13.0. The van der Waals surface area contributed by atoms with Gasteiger partial charge in [-0.1, -0.05) is 13.8 Å². The SMILES string of the molecule is Cc1ncsc1-c1nnc(N2CCO[C@@H](CF)C2)n1CC(C)C. The molecular formula is C15H22FN5OS. The third kappa shape index (κ3) is 3.37. The number of hydrogen-bond acceptors (Lipinski definition) is 6. The van der Waals surface area contributed by atoms with E-state index >= 15 is 0 Å². The van der Waals surface area contributed by atoms with Gasteiger partial charge in [-0.25, -0.2) is 9.37 Å². The van der Waals surface area contributed by atoms with Gasteiger partial charge < -0.3 is 9.64 Å². The number of alkyl halides is 1. The Morgan fingerprint density at radius 1 is 1.43 bits per heavy atom. The first-order chi connectivity index (χ1) is 11.1. The van der Waals surface area contributed by atoms with Gasteiger partial charge in [-0.3, -0.25) is 4.57 Å². The van der Waals surface area contributed by atoms with E-state index in [4.69, 9.17) is 4.74 Å². The van der Waals surface area contributed by atoms with Crippen LogP contribution in [0.4, 0.5) is 10.3 Å². The lowest BCUT2D eigenvalue weighted by Gasteiger charge is -2.32. The largest absolute Gasteiger partial charge is 0.372 e. The number of morpholine rings is 1. The average Bonchev–Trinajstić information content (AvgIpc) is 3.13. The van der Waals surface area contributed by atoms with Gasteiger partial charge in [-0.15, -0.1) is 21.5 Å². The zero-order valence-corrected chi connectivity index (χ0v) is 14.5. The fourth-order valence-electron chi connectivity index (χ4n) is 2.74. The third-order valence-corrected chi connectivity index (χ3v) is 4.75. The molecule has 0 radical (unpaired) electrons. The van der Waals surface area contributed by atoms with E-state index in [0.29, 0.717) is 25.6 Å². The van der Waals surface area contributed by atoms with Crippen LogP contribution < -0.4 is 4.90 Å². The highest BCUT2D eigenvalue weighted by molar-refractivity contribution is 7.13. The minimum Gasteiger partial charge on any atom is -0.372 e. The van der Waals surface area contributed by atoms with Crippen molar-refractivity contribution in [3.05, 3.63) is 11.2 Å². The molecule has 3 rings (SSSR count). The van der Waals surface area contributed by atoms with Crippen molar-refractivity contribution in [2.75, 3.05) is 31.3 Å². The summed E-state index contributed by atoms with van der Waals surface area (Å²) in [6, 6.07) is 0. The molecule has 23 heavy (non-hydrogen) atoms. The second kappa shape index (κ2) is 6.92. The average molecular weight is 339 g/mol. The van der Waals surface area contributed by atoms with Crippen molar-refractivity contribution in [1.82, 2.24) is 19.7 Å². The Bertz CT molecular complexity index is 656. The van der Waals surface area contributed by atoms with Crippen LogP contribution in [-0.2, 0) is 11.3 Å². The van der Waals surface area contributed by atoms with Gasteiger partial charge in [0.05, 0.1) is 22.7 Å². The Kier molecular flexibility index (Phi) is 4.91. The lowest BCUT2D eigenvalue weighted by Crippen LogP contribution is -2.44. The zero-order valence-electron chi connectivity index (χ0n) is 13.7. The summed E-state index contributed by atoms with van der Waals surface area (Å²) < 4.78 is 20.5. The maximum Gasteiger partial charge on any atom is 0.227 e. The fourth-order valence-corrected chi connectivity index (χ4v) is 3.54. The summed E-state index contributed by atoms with van der Waals surface area (Å²) in [5.41, 5.74) is 2.79. The third-order valence-electron chi connectivity index (χ3n) is 3.82. The van der Waals surface area contributed by atoms with Gasteiger partial charge in [-0.2, -0.15) is 0 Å². The van der Waals surface area contributed by atoms with Crippen LogP contribution in [0.25, 0.3) is 10.7 Å². The molecule has 6 nitrogen and oxygen atoms in total. The predicted octanol–water partition coefficient (Wildman–Crippen LogP) is 2.54. The van der Waals surface area contributed by atoms with Gasteiger partial charge in [0.1, 0.15) is 12.8 Å². The van der Waals surface area contributed by atoms with E-state index in [9.17, 15) is 4.39 Å². The molecule has 126 valence electrons. The summed E-state index contributed by atoms with van der Waals surface area (Å²) in [4.78, 5) is 7.43. The lowest BCUT2D eigenvalue weighted by atomic mass is 10.2. The second-order valence-electron chi connectivity index (χ2n) is 6.19. The van der Waals surface area contributed by atoms with Crippen LogP contribution in [0.2, 0.25) is 0 Å². The highest BCUT2D eigenvalue weighted by Gasteiger charge is 2.27. The number of nitrogens with zero attached hydrogens (tertiary/aromatic N) is 5. The van der Waals surface area contributed by atoms with Crippen LogP contribution in [0, 0.1) is 12.8 Å². The Morgan fingerprint density at radius 2 is 2.26 bits per heavy atom. The number of thiazole rings is 1. The molecule has 0 aromatic carbocycles. The van der Waals surface area contributed by atoms with Crippen molar-refractivity contribution in [2.24, 2.45) is 5.92 Å². The van der Waals surface area contributed by atoms with Gasteiger partial charge in [0.15, 0.2) is 5.82 Å². The van der Waals surface area contributed by atoms with Crippen molar-refractivity contribution >= 4 is 17.3 Å². The number of aryl methyl sites for hydroxylation is 1. The monoisotopic (exact) mass is 339 g/mol. The quantitative estimate of drug-likeness (QED) is 0.838. The van der Waals surface area contributed by atoms with E-state index in [2.05, 4.69) is 38.5 Å². The van der Waals surface area contributed by atoms with Crippen molar-refractivity contribution in [2.45, 2.75) is 33.4 Å². The number of halogens is 1. The number of ether oxygens (including phenoxy) is 1. The molecule has 0 unspecified atom stereocenters. The van der Waals surface area contributed by atoms with Gasteiger partial charge >= 0.3 is 0 Å². The molecule has 0 saturated carbocycles. The molecule has 1 aliphatic heterocycles. The van der Waals surface area contributed by atoms with Crippen LogP contribution >= 0.6 is 11.3 Å². The molecule has 3 heterocycles. The van der Waals surface area contributed by atoms with E-state index in [1.54, 1.807) is 11.3 Å². The van der Waals surface area contributed by atoms with E-state index in [1.807, 2.05) is 12.4 Å². The van der Waals surface area contributed by atoms with Crippen LogP contribution in [0.5, 0.6) is 0 Å². The van der Waals surface area contributed by atoms with E-state index in [-0.39, 0.29) is 6.10 Å². The topological polar surface area (TPSA) is 56.1 Å². The van der Waals surface area contributed by atoms with Crippen LogP contribution in [0.15, 0.2) is 5.51 Å². The first-order valence-corrected chi connectivity index (χ1v) is 8.74. The molecule has 0 N–H and O–H groups in total. The van der Waals surface area contributed by atoms with Gasteiger partial charge in [0.25, 0.3) is 0 Å². The molecule has 0 amide bonds. The van der Waals surface area contributed by atoms with Crippen LogP contribution in [0.3, 0.4) is 0 Å². The number of hydrogen-bond donors (Lipinski definition) is 0. The highest BCUT2D eigenvalue weighted by Crippen LogP contribution is 2.30. The standard InChI is InChI=1S/C15H22FN5OS/c1-10(2)7-21-14(13-11(3)17-9-23-13)18-19-15(21)20-4-5-22-12(6-16)8-20/h9-10,12H,4-8H2,1-3H3/t12-/m0/s1. The predicted molar refractivity (Wildman–Crippen MR) is 88.6 cm³/mol. The van der Waals surface area contributed by atoms with Gasteiger partial charge in [0, 0.05) is 19.6 Å². The molecule has 1 fully saturated rings. The summed E-state index contributed by atoms with van der Waals surface area (Å²) in [6.45, 7) is 8.37. The van der Waals surface area contributed by atoms with Crippen LogP contribution in [0.1, 0.15) is 19.5 Å². The molecule has 0 aliphatic carbocycles.